The van der Waals surface area contributed by atoms with Crippen LogP contribution < -0.4 is 10.6 Å². The molecule has 0 aromatic carbocycles. The Morgan fingerprint density at radius 1 is 1.45 bits per heavy atom. The largest absolute Gasteiger partial charge is 0.334 e. The number of rotatable bonds is 3. The molecule has 0 bridgehead atoms. The van der Waals surface area contributed by atoms with Crippen LogP contribution in [0.1, 0.15) is 6.42 Å². The third kappa shape index (κ3) is 4.98. The molecule has 0 unspecified atom stereocenters. The van der Waals surface area contributed by atoms with Crippen LogP contribution in [0, 0.1) is 0 Å². The highest BCUT2D eigenvalue weighted by molar-refractivity contribution is 8.39. The molecule has 0 aromatic heterocycles. The first-order chi connectivity index (χ1) is 9.44. The topological polar surface area (TPSA) is 105 Å². The molecule has 3 amide bonds. The van der Waals surface area contributed by atoms with Crippen molar-refractivity contribution in [2.75, 3.05) is 29.6 Å². The van der Waals surface area contributed by atoms with Crippen LogP contribution >= 0.6 is 23.5 Å². The standard InChI is InChI=1S/C10H15N3O4S3/c14-8(5-19-10-11-2-3-18-10)13-9(15)12-7-1-4-20(16,17)6-7/h7H,1-6H2,(H2,12,13,14,15)/t7-/m0/s1. The monoisotopic (exact) mass is 337 g/mol. The Bertz CT molecular complexity index is 532. The van der Waals surface area contributed by atoms with Crippen molar-refractivity contribution < 1.29 is 18.0 Å². The summed E-state index contributed by atoms with van der Waals surface area (Å²) in [6, 6.07) is -1.05. The van der Waals surface area contributed by atoms with E-state index in [1.54, 1.807) is 11.8 Å². The highest BCUT2D eigenvalue weighted by Gasteiger charge is 2.29. The molecule has 112 valence electrons. The van der Waals surface area contributed by atoms with E-state index in [1.807, 2.05) is 0 Å². The summed E-state index contributed by atoms with van der Waals surface area (Å²) in [5.74, 6) is 0.668. The lowest BCUT2D eigenvalue weighted by Crippen LogP contribution is -2.45. The summed E-state index contributed by atoms with van der Waals surface area (Å²) in [5, 5.41) is 4.69. The van der Waals surface area contributed by atoms with Crippen LogP contribution in [0.3, 0.4) is 0 Å². The normalized spacial score (nSPS) is 24.2. The molecule has 2 aliphatic heterocycles. The van der Waals surface area contributed by atoms with Gasteiger partial charge in [-0.1, -0.05) is 23.5 Å². The van der Waals surface area contributed by atoms with Gasteiger partial charge in [0.15, 0.2) is 9.84 Å². The van der Waals surface area contributed by atoms with Crippen molar-refractivity contribution in [1.82, 2.24) is 10.6 Å². The van der Waals surface area contributed by atoms with E-state index < -0.39 is 27.8 Å². The summed E-state index contributed by atoms with van der Waals surface area (Å²) in [6.45, 7) is 0.769. The molecule has 0 aliphatic carbocycles. The van der Waals surface area contributed by atoms with E-state index in [2.05, 4.69) is 15.6 Å². The number of thioether (sulfide) groups is 2. The van der Waals surface area contributed by atoms with Crippen LogP contribution in [0.2, 0.25) is 0 Å². The average Bonchev–Trinajstić information content (AvgIpc) is 2.96. The molecule has 2 heterocycles. The summed E-state index contributed by atoms with van der Waals surface area (Å²) in [4.78, 5) is 27.3. The van der Waals surface area contributed by atoms with Gasteiger partial charge >= 0.3 is 6.03 Å². The molecular formula is C10H15N3O4S3. The third-order valence-corrected chi connectivity index (χ3v) is 6.73. The van der Waals surface area contributed by atoms with Crippen LogP contribution in [-0.2, 0) is 14.6 Å². The van der Waals surface area contributed by atoms with E-state index >= 15 is 0 Å². The molecule has 0 saturated carbocycles. The predicted molar refractivity (Wildman–Crippen MR) is 81.0 cm³/mol. The number of carbonyl (C=O) groups excluding carboxylic acids is 2. The van der Waals surface area contributed by atoms with E-state index in [1.165, 1.54) is 11.8 Å². The van der Waals surface area contributed by atoms with Crippen molar-refractivity contribution in [1.29, 1.82) is 0 Å². The summed E-state index contributed by atoms with van der Waals surface area (Å²) in [7, 11) is -3.04. The molecule has 1 saturated heterocycles. The van der Waals surface area contributed by atoms with Crippen molar-refractivity contribution in [3.8, 4) is 0 Å². The van der Waals surface area contributed by atoms with Gasteiger partial charge in [-0.2, -0.15) is 0 Å². The maximum atomic E-state index is 11.5. The summed E-state index contributed by atoms with van der Waals surface area (Å²) < 4.78 is 23.3. The third-order valence-electron chi connectivity index (χ3n) is 2.71. The van der Waals surface area contributed by atoms with Crippen LogP contribution in [0.15, 0.2) is 4.99 Å². The second kappa shape index (κ2) is 6.81. The van der Waals surface area contributed by atoms with E-state index in [4.69, 9.17) is 0 Å². The molecule has 10 heteroatoms. The zero-order valence-electron chi connectivity index (χ0n) is 10.6. The molecule has 0 aromatic rings. The molecule has 2 rings (SSSR count). The fraction of sp³-hybridized carbons (Fsp3) is 0.700. The van der Waals surface area contributed by atoms with Crippen LogP contribution in [0.25, 0.3) is 0 Å². The van der Waals surface area contributed by atoms with Gasteiger partial charge in [-0.3, -0.25) is 15.1 Å². The highest BCUT2D eigenvalue weighted by atomic mass is 32.2. The number of urea groups is 1. The molecule has 1 atom stereocenters. The fourth-order valence-electron chi connectivity index (χ4n) is 1.82. The molecule has 2 aliphatic rings. The van der Waals surface area contributed by atoms with Gasteiger partial charge in [0, 0.05) is 11.8 Å². The van der Waals surface area contributed by atoms with Gasteiger partial charge in [-0.25, -0.2) is 13.2 Å². The van der Waals surface area contributed by atoms with E-state index in [9.17, 15) is 18.0 Å². The minimum Gasteiger partial charge on any atom is -0.334 e. The zero-order chi connectivity index (χ0) is 14.6. The van der Waals surface area contributed by atoms with Crippen molar-refractivity contribution in [3.05, 3.63) is 0 Å². The second-order valence-corrected chi connectivity index (χ2v) is 8.94. The lowest BCUT2D eigenvalue weighted by atomic mass is 10.3. The van der Waals surface area contributed by atoms with Crippen molar-refractivity contribution >= 4 is 49.7 Å². The summed E-state index contributed by atoms with van der Waals surface area (Å²) in [5.41, 5.74) is 0. The molecular weight excluding hydrogens is 322 g/mol. The number of carbonyl (C=O) groups is 2. The van der Waals surface area contributed by atoms with Crippen LogP contribution in [0.4, 0.5) is 4.79 Å². The van der Waals surface area contributed by atoms with Gasteiger partial charge < -0.3 is 5.32 Å². The number of nitrogens with one attached hydrogen (secondary N) is 2. The van der Waals surface area contributed by atoms with E-state index in [0.29, 0.717) is 6.42 Å². The Morgan fingerprint density at radius 3 is 2.85 bits per heavy atom. The number of aliphatic imine (C=N–C) groups is 1. The Labute approximate surface area is 125 Å². The van der Waals surface area contributed by atoms with Crippen molar-refractivity contribution in [3.63, 3.8) is 0 Å². The van der Waals surface area contributed by atoms with E-state index in [0.717, 1.165) is 16.7 Å². The van der Waals surface area contributed by atoms with Crippen LogP contribution in [0.5, 0.6) is 0 Å². The van der Waals surface area contributed by atoms with Crippen molar-refractivity contribution in [2.24, 2.45) is 4.99 Å². The molecule has 2 N–H and O–H groups in total. The van der Waals surface area contributed by atoms with Gasteiger partial charge in [-0.05, 0) is 6.42 Å². The van der Waals surface area contributed by atoms with Crippen molar-refractivity contribution in [2.45, 2.75) is 12.5 Å². The number of amides is 3. The van der Waals surface area contributed by atoms with Crippen LogP contribution in [-0.4, -0.2) is 60.3 Å². The molecule has 7 nitrogen and oxygen atoms in total. The quantitative estimate of drug-likeness (QED) is 0.741. The molecule has 20 heavy (non-hydrogen) atoms. The number of hydrogen-bond acceptors (Lipinski definition) is 7. The number of hydrogen-bond donors (Lipinski definition) is 2. The van der Waals surface area contributed by atoms with Gasteiger partial charge in [-0.15, -0.1) is 0 Å². The first-order valence-electron chi connectivity index (χ1n) is 6.05. The number of imide groups is 1. The maximum absolute atomic E-state index is 11.5. The second-order valence-electron chi connectivity index (χ2n) is 4.41. The van der Waals surface area contributed by atoms with E-state index in [-0.39, 0.29) is 17.3 Å². The van der Waals surface area contributed by atoms with Gasteiger partial charge in [0.1, 0.15) is 4.38 Å². The minimum absolute atomic E-state index is 0.0587. The SMILES string of the molecule is O=C(CSC1=NCCS1)NC(=O)N[C@H]1CCS(=O)(=O)C1. The number of nitrogens with zero attached hydrogens (tertiary/aromatic N) is 1. The maximum Gasteiger partial charge on any atom is 0.321 e. The smallest absolute Gasteiger partial charge is 0.321 e. The Morgan fingerprint density at radius 2 is 2.25 bits per heavy atom. The summed E-state index contributed by atoms with van der Waals surface area (Å²) in [6.07, 6.45) is 0.395. The fourth-order valence-corrected chi connectivity index (χ4v) is 5.31. The average molecular weight is 337 g/mol. The Kier molecular flexibility index (Phi) is 5.33. The lowest BCUT2D eigenvalue weighted by Gasteiger charge is -2.11. The first kappa shape index (κ1) is 15.6. The van der Waals surface area contributed by atoms with Gasteiger partial charge in [0.2, 0.25) is 5.91 Å². The van der Waals surface area contributed by atoms with Gasteiger partial charge in [0.25, 0.3) is 0 Å². The Hall–Kier alpha value is -0.740. The zero-order valence-corrected chi connectivity index (χ0v) is 13.1. The lowest BCUT2D eigenvalue weighted by molar-refractivity contribution is -0.117. The molecule has 0 radical (unpaired) electrons. The Balaban J connectivity index is 1.67. The highest BCUT2D eigenvalue weighted by Crippen LogP contribution is 2.21. The number of sulfone groups is 1. The molecule has 1 fully saturated rings. The predicted octanol–water partition coefficient (Wildman–Crippen LogP) is -0.165. The first-order valence-corrected chi connectivity index (χ1v) is 9.85. The minimum atomic E-state index is -3.04. The van der Waals surface area contributed by atoms with Gasteiger partial charge in [0.05, 0.1) is 23.8 Å². The molecule has 0 spiro atoms. The summed E-state index contributed by atoms with van der Waals surface area (Å²) >= 11 is 2.90.